The number of amides is 2. The smallest absolute Gasteiger partial charge is 0.226 e. The van der Waals surface area contributed by atoms with Crippen LogP contribution in [0.2, 0.25) is 0 Å². The van der Waals surface area contributed by atoms with E-state index < -0.39 is 0 Å². The first-order chi connectivity index (χ1) is 13.2. The quantitative estimate of drug-likeness (QED) is 0.813. The lowest BCUT2D eigenvalue weighted by molar-refractivity contribution is -0.147. The molecule has 0 aromatic heterocycles. The molecule has 0 bridgehead atoms. The van der Waals surface area contributed by atoms with Crippen LogP contribution in [-0.2, 0) is 14.3 Å². The van der Waals surface area contributed by atoms with Gasteiger partial charge in [-0.25, -0.2) is 0 Å². The Balaban J connectivity index is 1.66. The van der Waals surface area contributed by atoms with Crippen LogP contribution in [0, 0.1) is 11.8 Å². The molecule has 2 aliphatic heterocycles. The van der Waals surface area contributed by atoms with Gasteiger partial charge in [-0.1, -0.05) is 24.6 Å². The summed E-state index contributed by atoms with van der Waals surface area (Å²) in [5.41, 5.74) is 1.07. The van der Waals surface area contributed by atoms with Crippen molar-refractivity contribution >= 4 is 11.8 Å². The number of hydrogen-bond acceptors (Lipinski definition) is 4. The van der Waals surface area contributed by atoms with Gasteiger partial charge in [0.1, 0.15) is 5.75 Å². The van der Waals surface area contributed by atoms with Crippen LogP contribution in [0.15, 0.2) is 24.3 Å². The minimum atomic E-state index is -0.0267. The van der Waals surface area contributed by atoms with Crippen molar-refractivity contribution in [3.63, 3.8) is 0 Å². The van der Waals surface area contributed by atoms with Gasteiger partial charge >= 0.3 is 0 Å². The first kappa shape index (κ1) is 18.3. The lowest BCUT2D eigenvalue weighted by Crippen LogP contribution is -2.53. The Bertz CT molecular complexity index is 703. The van der Waals surface area contributed by atoms with Crippen LogP contribution < -0.4 is 4.74 Å². The van der Waals surface area contributed by atoms with Crippen molar-refractivity contribution in [2.75, 3.05) is 40.0 Å². The van der Waals surface area contributed by atoms with Crippen molar-refractivity contribution in [3.05, 3.63) is 29.8 Å². The third kappa shape index (κ3) is 3.55. The second kappa shape index (κ2) is 7.89. The van der Waals surface area contributed by atoms with E-state index in [2.05, 4.69) is 6.07 Å². The van der Waals surface area contributed by atoms with Crippen molar-refractivity contribution in [1.29, 1.82) is 0 Å². The van der Waals surface area contributed by atoms with E-state index in [4.69, 9.17) is 9.47 Å². The molecule has 2 atom stereocenters. The summed E-state index contributed by atoms with van der Waals surface area (Å²) in [6.45, 7) is 2.69. The summed E-state index contributed by atoms with van der Waals surface area (Å²) < 4.78 is 11.2. The van der Waals surface area contributed by atoms with Gasteiger partial charge in [0.2, 0.25) is 11.8 Å². The molecule has 2 amide bonds. The Labute approximate surface area is 160 Å². The largest absolute Gasteiger partial charge is 0.493 e. The molecule has 2 fully saturated rings. The minimum Gasteiger partial charge on any atom is -0.493 e. The molecule has 1 saturated heterocycles. The van der Waals surface area contributed by atoms with Crippen molar-refractivity contribution < 1.29 is 19.1 Å². The van der Waals surface area contributed by atoms with Crippen LogP contribution in [-0.4, -0.2) is 61.6 Å². The Morgan fingerprint density at radius 3 is 2.85 bits per heavy atom. The minimum absolute atomic E-state index is 0.0267. The number of para-hydroxylation sites is 1. The third-order valence-electron chi connectivity index (χ3n) is 6.15. The summed E-state index contributed by atoms with van der Waals surface area (Å²) in [6, 6.07) is 7.99. The van der Waals surface area contributed by atoms with Gasteiger partial charge in [0.25, 0.3) is 0 Å². The predicted octanol–water partition coefficient (Wildman–Crippen LogP) is 2.24. The Morgan fingerprint density at radius 2 is 2.11 bits per heavy atom. The fraction of sp³-hybridized carbons (Fsp3) is 0.619. The van der Waals surface area contributed by atoms with Gasteiger partial charge in [-0.15, -0.1) is 0 Å². The molecule has 2 heterocycles. The third-order valence-corrected chi connectivity index (χ3v) is 6.15. The molecule has 6 heteroatoms. The lowest BCUT2D eigenvalue weighted by atomic mass is 9.81. The number of ether oxygens (including phenoxy) is 2. The van der Waals surface area contributed by atoms with E-state index in [-0.39, 0.29) is 29.7 Å². The topological polar surface area (TPSA) is 59.1 Å². The number of fused-ring (bicyclic) bond motifs is 3. The zero-order chi connectivity index (χ0) is 18.8. The second-order valence-electron chi connectivity index (χ2n) is 7.80. The van der Waals surface area contributed by atoms with Crippen molar-refractivity contribution in [2.24, 2.45) is 11.8 Å². The zero-order valence-corrected chi connectivity index (χ0v) is 15.9. The zero-order valence-electron chi connectivity index (χ0n) is 15.9. The average Bonchev–Trinajstić information content (AvgIpc) is 2.63. The number of hydrogen-bond donors (Lipinski definition) is 0. The average molecular weight is 372 g/mol. The highest BCUT2D eigenvalue weighted by molar-refractivity contribution is 5.82. The molecule has 146 valence electrons. The lowest BCUT2D eigenvalue weighted by Gasteiger charge is -2.46. The van der Waals surface area contributed by atoms with Crippen molar-refractivity contribution in [3.8, 4) is 5.75 Å². The molecule has 1 aromatic rings. The molecule has 6 nitrogen and oxygen atoms in total. The van der Waals surface area contributed by atoms with Crippen molar-refractivity contribution in [2.45, 2.75) is 31.7 Å². The highest BCUT2D eigenvalue weighted by atomic mass is 16.5. The van der Waals surface area contributed by atoms with Gasteiger partial charge in [-0.3, -0.25) is 9.59 Å². The fourth-order valence-corrected chi connectivity index (χ4v) is 4.43. The van der Waals surface area contributed by atoms with E-state index >= 15 is 0 Å². The molecular formula is C21H28N2O4. The van der Waals surface area contributed by atoms with Gasteiger partial charge in [0.05, 0.1) is 19.3 Å². The summed E-state index contributed by atoms with van der Waals surface area (Å²) >= 11 is 0. The molecule has 0 N–H and O–H groups in total. The molecule has 1 saturated carbocycles. The predicted molar refractivity (Wildman–Crippen MR) is 100 cm³/mol. The molecule has 27 heavy (non-hydrogen) atoms. The van der Waals surface area contributed by atoms with Crippen LogP contribution in [0.4, 0.5) is 0 Å². The molecule has 0 unspecified atom stereocenters. The summed E-state index contributed by atoms with van der Waals surface area (Å²) in [7, 11) is 1.65. The van der Waals surface area contributed by atoms with E-state index in [1.165, 1.54) is 0 Å². The van der Waals surface area contributed by atoms with Crippen molar-refractivity contribution in [1.82, 2.24) is 9.80 Å². The van der Waals surface area contributed by atoms with Crippen LogP contribution in [0.25, 0.3) is 0 Å². The number of carbonyl (C=O) groups excluding carboxylic acids is 2. The van der Waals surface area contributed by atoms with Gasteiger partial charge in [-0.2, -0.15) is 0 Å². The van der Waals surface area contributed by atoms with E-state index in [1.807, 2.05) is 28.0 Å². The molecule has 0 spiro atoms. The van der Waals surface area contributed by atoms with Crippen LogP contribution in [0.5, 0.6) is 5.75 Å². The maximum atomic E-state index is 13.2. The van der Waals surface area contributed by atoms with Gasteiger partial charge in [0.15, 0.2) is 0 Å². The Hall–Kier alpha value is -2.08. The highest BCUT2D eigenvalue weighted by Gasteiger charge is 2.42. The molecule has 3 aliphatic rings. The summed E-state index contributed by atoms with van der Waals surface area (Å²) in [4.78, 5) is 29.8. The molecule has 1 aromatic carbocycles. The van der Waals surface area contributed by atoms with Crippen LogP contribution in [0.1, 0.15) is 37.3 Å². The summed E-state index contributed by atoms with van der Waals surface area (Å²) in [5, 5.41) is 0. The number of benzene rings is 1. The van der Waals surface area contributed by atoms with Gasteiger partial charge in [0, 0.05) is 50.6 Å². The van der Waals surface area contributed by atoms with Gasteiger partial charge in [-0.05, 0) is 18.9 Å². The van der Waals surface area contributed by atoms with E-state index in [0.29, 0.717) is 39.3 Å². The van der Waals surface area contributed by atoms with E-state index in [1.54, 1.807) is 7.11 Å². The Kier molecular flexibility index (Phi) is 5.34. The normalized spacial score (nSPS) is 25.6. The monoisotopic (exact) mass is 372 g/mol. The summed E-state index contributed by atoms with van der Waals surface area (Å²) in [5.74, 6) is 1.37. The fourth-order valence-electron chi connectivity index (χ4n) is 4.43. The van der Waals surface area contributed by atoms with Gasteiger partial charge < -0.3 is 19.3 Å². The molecule has 0 radical (unpaired) electrons. The number of methoxy groups -OCH3 is 1. The number of nitrogens with zero attached hydrogens (tertiary/aromatic N) is 2. The summed E-state index contributed by atoms with van der Waals surface area (Å²) in [6.07, 6.45) is 3.44. The standard InChI is InChI=1S/C21H28N2O4/c1-26-12-11-22-13-16-14-27-18-8-3-2-7-17(18)20(16)23(10-9-19(22)24)21(25)15-5-4-6-15/h2-3,7-8,15-16,20H,4-6,9-14H2,1H3/t16-,20-/m0/s1. The molecule has 4 rings (SSSR count). The Morgan fingerprint density at radius 1 is 1.30 bits per heavy atom. The molecule has 1 aliphatic carbocycles. The first-order valence-corrected chi connectivity index (χ1v) is 9.98. The second-order valence-corrected chi connectivity index (χ2v) is 7.80. The maximum absolute atomic E-state index is 13.2. The van der Waals surface area contributed by atoms with Crippen LogP contribution in [0.3, 0.4) is 0 Å². The SMILES string of the molecule is COCCN1C[C@H]2COc3ccccc3[C@H]2N(C(=O)C2CCC2)CCC1=O. The van der Waals surface area contributed by atoms with E-state index in [0.717, 1.165) is 30.6 Å². The molecular weight excluding hydrogens is 344 g/mol. The number of carbonyl (C=O) groups is 2. The van der Waals surface area contributed by atoms with E-state index in [9.17, 15) is 9.59 Å². The maximum Gasteiger partial charge on any atom is 0.226 e. The van der Waals surface area contributed by atoms with Crippen LogP contribution >= 0.6 is 0 Å². The number of rotatable bonds is 4. The highest BCUT2D eigenvalue weighted by Crippen LogP contribution is 2.42. The first-order valence-electron chi connectivity index (χ1n) is 9.98.